The van der Waals surface area contributed by atoms with Crippen molar-refractivity contribution in [3.05, 3.63) is 21.3 Å². The summed E-state index contributed by atoms with van der Waals surface area (Å²) < 4.78 is -0.247. The van der Waals surface area contributed by atoms with Gasteiger partial charge in [-0.15, -0.1) is 34.5 Å². The number of carbonyl (C=O) groups is 1. The minimum Gasteiger partial charge on any atom is -0.349 e. The molecule has 1 aromatic rings. The van der Waals surface area contributed by atoms with Crippen LogP contribution in [0.3, 0.4) is 0 Å². The summed E-state index contributed by atoms with van der Waals surface area (Å²) >= 11 is 19.8. The number of rotatable bonds is 4. The molecule has 1 N–H and O–H groups in total. The normalized spacial score (nSPS) is 29.9. The maximum absolute atomic E-state index is 12.5. The molecule has 0 bridgehead atoms. The maximum Gasteiger partial charge on any atom is 0.230 e. The van der Waals surface area contributed by atoms with Crippen LogP contribution in [-0.2, 0) is 4.79 Å². The monoisotopic (exact) mass is 339 g/mol. The number of amides is 1. The van der Waals surface area contributed by atoms with Gasteiger partial charge in [-0.2, -0.15) is 0 Å². The van der Waals surface area contributed by atoms with E-state index >= 15 is 0 Å². The van der Waals surface area contributed by atoms with Crippen LogP contribution in [0.25, 0.3) is 0 Å². The van der Waals surface area contributed by atoms with Crippen molar-refractivity contribution in [2.75, 3.05) is 0 Å². The molecule has 1 aliphatic carbocycles. The molecule has 0 aromatic carbocycles. The molecule has 1 aliphatic rings. The lowest BCUT2D eigenvalue weighted by molar-refractivity contribution is -0.127. The Kier molecular flexibility index (Phi) is 4.14. The van der Waals surface area contributed by atoms with Gasteiger partial charge in [-0.25, -0.2) is 0 Å². The third kappa shape index (κ3) is 2.29. The molecule has 0 radical (unpaired) electrons. The number of hydrogen-bond acceptors (Lipinski definition) is 2. The summed E-state index contributed by atoms with van der Waals surface area (Å²) in [5, 5.41) is 4.93. The molecule has 1 heterocycles. The SMILES string of the molecule is CCC1(C(=O)NC(C)c2csc(Cl)c2)C(C)C1(Cl)Cl. The highest BCUT2D eigenvalue weighted by Crippen LogP contribution is 2.70. The van der Waals surface area contributed by atoms with Crippen LogP contribution in [0.15, 0.2) is 11.4 Å². The van der Waals surface area contributed by atoms with Gasteiger partial charge in [-0.1, -0.05) is 25.4 Å². The summed E-state index contributed by atoms with van der Waals surface area (Å²) in [5.41, 5.74) is 0.321. The summed E-state index contributed by atoms with van der Waals surface area (Å²) in [6, 6.07) is 1.76. The molecule has 6 heteroatoms. The zero-order valence-electron chi connectivity index (χ0n) is 11.0. The molecule has 106 valence electrons. The highest BCUT2D eigenvalue weighted by molar-refractivity contribution is 7.14. The van der Waals surface area contributed by atoms with E-state index in [1.807, 2.05) is 32.2 Å². The van der Waals surface area contributed by atoms with Crippen molar-refractivity contribution in [1.29, 1.82) is 0 Å². The van der Waals surface area contributed by atoms with Crippen LogP contribution in [0.1, 0.15) is 38.8 Å². The first kappa shape index (κ1) is 15.4. The Morgan fingerprint density at radius 3 is 2.53 bits per heavy atom. The predicted molar refractivity (Wildman–Crippen MR) is 82.2 cm³/mol. The van der Waals surface area contributed by atoms with Crippen LogP contribution < -0.4 is 5.32 Å². The standard InChI is InChI=1S/C13H16Cl3NOS/c1-4-12(8(3)13(12,15)16)11(18)17-7(2)9-5-10(14)19-6-9/h5-8H,4H2,1-3H3,(H,17,18). The van der Waals surface area contributed by atoms with E-state index in [4.69, 9.17) is 34.8 Å². The number of carbonyl (C=O) groups excluding carboxylic acids is 1. The highest BCUT2D eigenvalue weighted by atomic mass is 35.5. The van der Waals surface area contributed by atoms with Gasteiger partial charge in [0.15, 0.2) is 0 Å². The summed E-state index contributed by atoms with van der Waals surface area (Å²) in [6.45, 7) is 5.78. The highest BCUT2D eigenvalue weighted by Gasteiger charge is 2.76. The Morgan fingerprint density at radius 1 is 1.58 bits per heavy atom. The third-order valence-corrected chi connectivity index (χ3v) is 6.63. The first-order valence-electron chi connectivity index (χ1n) is 6.20. The van der Waals surface area contributed by atoms with Gasteiger partial charge < -0.3 is 5.32 Å². The van der Waals surface area contributed by atoms with E-state index in [9.17, 15) is 4.79 Å². The van der Waals surface area contributed by atoms with Crippen LogP contribution in [-0.4, -0.2) is 10.2 Å². The molecule has 0 saturated heterocycles. The second kappa shape index (κ2) is 5.10. The van der Waals surface area contributed by atoms with Crippen molar-refractivity contribution in [3.63, 3.8) is 0 Å². The number of thiophene rings is 1. The molecule has 1 aromatic heterocycles. The molecule has 3 unspecified atom stereocenters. The van der Waals surface area contributed by atoms with Crippen molar-refractivity contribution in [1.82, 2.24) is 5.32 Å². The minimum absolute atomic E-state index is 0.0356. The quantitative estimate of drug-likeness (QED) is 0.784. The lowest BCUT2D eigenvalue weighted by Gasteiger charge is -2.20. The first-order valence-corrected chi connectivity index (χ1v) is 8.21. The molecule has 2 rings (SSSR count). The van der Waals surface area contributed by atoms with E-state index in [0.29, 0.717) is 10.8 Å². The third-order valence-electron chi connectivity index (χ3n) is 4.19. The molecule has 1 amide bonds. The Bertz CT molecular complexity index is 502. The number of nitrogens with one attached hydrogen (secondary N) is 1. The maximum atomic E-state index is 12.5. The van der Waals surface area contributed by atoms with Gasteiger partial charge >= 0.3 is 0 Å². The predicted octanol–water partition coefficient (Wildman–Crippen LogP) is 4.80. The van der Waals surface area contributed by atoms with Gasteiger partial charge in [0, 0.05) is 5.92 Å². The average molecular weight is 341 g/mol. The van der Waals surface area contributed by atoms with Crippen LogP contribution in [0.4, 0.5) is 0 Å². The van der Waals surface area contributed by atoms with Crippen molar-refractivity contribution < 1.29 is 4.79 Å². The van der Waals surface area contributed by atoms with Gasteiger partial charge in [0.05, 0.1) is 15.8 Å². The van der Waals surface area contributed by atoms with Crippen LogP contribution >= 0.6 is 46.1 Å². The molecular weight excluding hydrogens is 325 g/mol. The Morgan fingerprint density at radius 2 is 2.16 bits per heavy atom. The zero-order valence-corrected chi connectivity index (χ0v) is 14.1. The van der Waals surface area contributed by atoms with Crippen molar-refractivity contribution in [2.45, 2.75) is 37.6 Å². The lowest BCUT2D eigenvalue weighted by Crippen LogP contribution is -2.36. The van der Waals surface area contributed by atoms with Crippen LogP contribution in [0.5, 0.6) is 0 Å². The Balaban J connectivity index is 2.10. The number of halogens is 3. The summed E-state index contributed by atoms with van der Waals surface area (Å²) in [7, 11) is 0. The number of hydrogen-bond donors (Lipinski definition) is 1. The molecule has 3 atom stereocenters. The number of alkyl halides is 2. The first-order chi connectivity index (χ1) is 8.77. The fourth-order valence-electron chi connectivity index (χ4n) is 2.65. The van der Waals surface area contributed by atoms with Gasteiger partial charge in [0.1, 0.15) is 4.33 Å². The van der Waals surface area contributed by atoms with E-state index in [0.717, 1.165) is 5.56 Å². The van der Waals surface area contributed by atoms with E-state index in [-0.39, 0.29) is 17.9 Å². The lowest BCUT2D eigenvalue weighted by atomic mass is 9.98. The average Bonchev–Trinajstić information content (AvgIpc) is 2.67. The van der Waals surface area contributed by atoms with Gasteiger partial charge in [0.2, 0.25) is 5.91 Å². The molecule has 1 fully saturated rings. The summed E-state index contributed by atoms with van der Waals surface area (Å²) in [5.74, 6) is -0.117. The molecule has 19 heavy (non-hydrogen) atoms. The fraction of sp³-hybridized carbons (Fsp3) is 0.615. The van der Waals surface area contributed by atoms with E-state index in [2.05, 4.69) is 5.32 Å². The van der Waals surface area contributed by atoms with Gasteiger partial charge in [-0.05, 0) is 30.4 Å². The van der Waals surface area contributed by atoms with Crippen LogP contribution in [0, 0.1) is 11.3 Å². The molecule has 1 saturated carbocycles. The zero-order chi connectivity index (χ0) is 14.4. The second-order valence-corrected chi connectivity index (χ2v) is 7.98. The molecule has 0 spiro atoms. The fourth-order valence-corrected chi connectivity index (χ4v) is 4.66. The Labute approximate surface area is 132 Å². The van der Waals surface area contributed by atoms with Crippen molar-refractivity contribution in [2.24, 2.45) is 11.3 Å². The smallest absolute Gasteiger partial charge is 0.230 e. The van der Waals surface area contributed by atoms with Crippen molar-refractivity contribution in [3.8, 4) is 0 Å². The minimum atomic E-state index is -0.960. The van der Waals surface area contributed by atoms with Gasteiger partial charge in [0.25, 0.3) is 0 Å². The molecule has 0 aliphatic heterocycles. The summed E-state index contributed by atoms with van der Waals surface area (Å²) in [4.78, 5) is 12.5. The topological polar surface area (TPSA) is 29.1 Å². The van der Waals surface area contributed by atoms with E-state index in [1.165, 1.54) is 11.3 Å². The Hall–Kier alpha value is 0.0400. The van der Waals surface area contributed by atoms with E-state index < -0.39 is 9.75 Å². The summed E-state index contributed by atoms with van der Waals surface area (Å²) in [6.07, 6.45) is 0.629. The van der Waals surface area contributed by atoms with Crippen LogP contribution in [0.2, 0.25) is 4.34 Å². The van der Waals surface area contributed by atoms with Gasteiger partial charge in [-0.3, -0.25) is 4.79 Å². The van der Waals surface area contributed by atoms with E-state index in [1.54, 1.807) is 0 Å². The molecule has 2 nitrogen and oxygen atoms in total. The molecular formula is C13H16Cl3NOS. The largest absolute Gasteiger partial charge is 0.349 e. The second-order valence-electron chi connectivity index (χ2n) is 5.05. The van der Waals surface area contributed by atoms with Crippen molar-refractivity contribution >= 4 is 52.0 Å².